The first-order valence-electron chi connectivity index (χ1n) is 3.89. The van der Waals surface area contributed by atoms with Gasteiger partial charge in [0.05, 0.1) is 0 Å². The van der Waals surface area contributed by atoms with Crippen molar-refractivity contribution in [3.8, 4) is 0 Å². The third-order valence-corrected chi connectivity index (χ3v) is 2.67. The van der Waals surface area contributed by atoms with Gasteiger partial charge in [-0.3, -0.25) is 9.59 Å². The van der Waals surface area contributed by atoms with Crippen LogP contribution in [0.5, 0.6) is 0 Å². The van der Waals surface area contributed by atoms with Gasteiger partial charge in [0, 0.05) is 21.7 Å². The summed E-state index contributed by atoms with van der Waals surface area (Å²) >= 11 is 3.21. The lowest BCUT2D eigenvalue weighted by Gasteiger charge is -2.12. The molecule has 0 aliphatic heterocycles. The van der Waals surface area contributed by atoms with Gasteiger partial charge in [-0.2, -0.15) is 0 Å². The van der Waals surface area contributed by atoms with Gasteiger partial charge in [0.15, 0.2) is 0 Å². The molecular formula is C10H5BrO3. The van der Waals surface area contributed by atoms with Crippen LogP contribution in [0.25, 0.3) is 5.76 Å². The largest absolute Gasteiger partial charge is 0.507 e. The Kier molecular flexibility index (Phi) is 2.00. The molecule has 0 atom stereocenters. The third-order valence-electron chi connectivity index (χ3n) is 2.01. The van der Waals surface area contributed by atoms with Gasteiger partial charge in [0.1, 0.15) is 5.76 Å². The van der Waals surface area contributed by atoms with Gasteiger partial charge in [0.2, 0.25) is 11.6 Å². The first kappa shape index (κ1) is 9.15. The highest BCUT2D eigenvalue weighted by Crippen LogP contribution is 2.29. The normalized spacial score (nSPS) is 15.1. The molecule has 1 aliphatic rings. The van der Waals surface area contributed by atoms with Crippen LogP contribution in [0.4, 0.5) is 0 Å². The van der Waals surface area contributed by atoms with Gasteiger partial charge in [0.25, 0.3) is 0 Å². The maximum Gasteiger partial charge on any atom is 0.233 e. The predicted octanol–water partition coefficient (Wildman–Crippen LogP) is 2.11. The monoisotopic (exact) mass is 252 g/mol. The van der Waals surface area contributed by atoms with E-state index in [1.165, 1.54) is 6.07 Å². The molecule has 2 rings (SSSR count). The van der Waals surface area contributed by atoms with Crippen LogP contribution in [0.3, 0.4) is 0 Å². The van der Waals surface area contributed by atoms with Gasteiger partial charge in [-0.15, -0.1) is 0 Å². The van der Waals surface area contributed by atoms with Crippen molar-refractivity contribution in [3.63, 3.8) is 0 Å². The van der Waals surface area contributed by atoms with Crippen molar-refractivity contribution >= 4 is 33.3 Å². The maximum atomic E-state index is 11.4. The number of rotatable bonds is 0. The molecule has 1 aromatic rings. The van der Waals surface area contributed by atoms with Gasteiger partial charge in [-0.05, 0) is 6.07 Å². The molecule has 1 aliphatic carbocycles. The molecule has 0 bridgehead atoms. The average molecular weight is 253 g/mol. The van der Waals surface area contributed by atoms with Gasteiger partial charge >= 0.3 is 0 Å². The minimum atomic E-state index is -0.687. The SMILES string of the molecule is O=C1C=C(O)c2c(Br)cccc2C1=O. The van der Waals surface area contributed by atoms with Crippen molar-refractivity contribution < 1.29 is 14.7 Å². The Hall–Kier alpha value is -1.42. The van der Waals surface area contributed by atoms with E-state index in [0.717, 1.165) is 6.08 Å². The number of aliphatic hydroxyl groups is 1. The van der Waals surface area contributed by atoms with E-state index in [2.05, 4.69) is 15.9 Å². The molecular weight excluding hydrogens is 248 g/mol. The van der Waals surface area contributed by atoms with Crippen LogP contribution in [0.15, 0.2) is 28.7 Å². The van der Waals surface area contributed by atoms with Crippen molar-refractivity contribution in [2.75, 3.05) is 0 Å². The van der Waals surface area contributed by atoms with E-state index in [1.54, 1.807) is 12.1 Å². The summed E-state index contributed by atoms with van der Waals surface area (Å²) in [6, 6.07) is 4.86. The van der Waals surface area contributed by atoms with Crippen molar-refractivity contribution in [1.29, 1.82) is 0 Å². The molecule has 0 aromatic heterocycles. The van der Waals surface area contributed by atoms with E-state index < -0.39 is 11.6 Å². The van der Waals surface area contributed by atoms with Crippen molar-refractivity contribution in [1.82, 2.24) is 0 Å². The van der Waals surface area contributed by atoms with Crippen LogP contribution in [0, 0.1) is 0 Å². The second-order valence-electron chi connectivity index (χ2n) is 2.89. The third kappa shape index (κ3) is 1.19. The second-order valence-corrected chi connectivity index (χ2v) is 3.74. The van der Waals surface area contributed by atoms with E-state index in [9.17, 15) is 14.7 Å². The van der Waals surface area contributed by atoms with Crippen molar-refractivity contribution in [2.45, 2.75) is 0 Å². The molecule has 14 heavy (non-hydrogen) atoms. The lowest BCUT2D eigenvalue weighted by Crippen LogP contribution is -2.18. The molecule has 0 spiro atoms. The number of allylic oxidation sites excluding steroid dienone is 1. The van der Waals surface area contributed by atoms with Gasteiger partial charge < -0.3 is 5.11 Å². The second kappa shape index (κ2) is 3.06. The number of Topliss-reactive ketones (excluding diaryl/α,β-unsaturated/α-hetero) is 1. The van der Waals surface area contributed by atoms with E-state index in [4.69, 9.17) is 0 Å². The molecule has 0 radical (unpaired) electrons. The quantitative estimate of drug-likeness (QED) is 0.720. The zero-order chi connectivity index (χ0) is 10.3. The van der Waals surface area contributed by atoms with Crippen LogP contribution >= 0.6 is 15.9 Å². The number of fused-ring (bicyclic) bond motifs is 1. The molecule has 0 unspecified atom stereocenters. The standard InChI is InChI=1S/C10H5BrO3/c11-6-3-1-2-5-9(6)7(12)4-8(13)10(5)14/h1-4,12H. The molecule has 0 saturated heterocycles. The summed E-state index contributed by atoms with van der Waals surface area (Å²) in [5.41, 5.74) is 0.626. The van der Waals surface area contributed by atoms with Crippen LogP contribution in [0.1, 0.15) is 15.9 Å². The molecule has 4 heteroatoms. The summed E-state index contributed by atoms with van der Waals surface area (Å²) in [6.07, 6.45) is 0.940. The highest BCUT2D eigenvalue weighted by Gasteiger charge is 2.26. The van der Waals surface area contributed by atoms with Crippen LogP contribution in [-0.4, -0.2) is 16.7 Å². The Morgan fingerprint density at radius 1 is 1.21 bits per heavy atom. The fourth-order valence-corrected chi connectivity index (χ4v) is 1.94. The van der Waals surface area contributed by atoms with Crippen molar-refractivity contribution in [2.24, 2.45) is 0 Å². The van der Waals surface area contributed by atoms with E-state index in [1.807, 2.05) is 0 Å². The number of ketones is 2. The molecule has 0 heterocycles. The number of carbonyl (C=O) groups excluding carboxylic acids is 2. The Labute approximate surface area is 88.2 Å². The Morgan fingerprint density at radius 2 is 1.93 bits per heavy atom. The van der Waals surface area contributed by atoms with Gasteiger partial charge in [-0.1, -0.05) is 28.1 Å². The Bertz CT molecular complexity index is 474. The first-order valence-corrected chi connectivity index (χ1v) is 4.69. The van der Waals surface area contributed by atoms with Crippen LogP contribution in [0.2, 0.25) is 0 Å². The predicted molar refractivity (Wildman–Crippen MR) is 54.1 cm³/mol. The number of hydrogen-bond donors (Lipinski definition) is 1. The molecule has 0 saturated carbocycles. The summed E-state index contributed by atoms with van der Waals surface area (Å²) in [6.45, 7) is 0. The van der Waals surface area contributed by atoms with Crippen LogP contribution < -0.4 is 0 Å². The Balaban J connectivity index is 2.78. The lowest BCUT2D eigenvalue weighted by molar-refractivity contribution is -0.111. The summed E-state index contributed by atoms with van der Waals surface area (Å²) in [7, 11) is 0. The van der Waals surface area contributed by atoms with Crippen molar-refractivity contribution in [3.05, 3.63) is 39.9 Å². The molecule has 70 valence electrons. The summed E-state index contributed by atoms with van der Waals surface area (Å²) in [4.78, 5) is 22.5. The van der Waals surface area contributed by atoms with Crippen LogP contribution in [-0.2, 0) is 4.79 Å². The molecule has 3 nitrogen and oxygen atoms in total. The molecule has 0 amide bonds. The molecule has 1 aromatic carbocycles. The lowest BCUT2D eigenvalue weighted by atomic mass is 9.94. The number of benzene rings is 1. The average Bonchev–Trinajstić information content (AvgIpc) is 2.14. The van der Waals surface area contributed by atoms with Gasteiger partial charge in [-0.25, -0.2) is 0 Å². The highest BCUT2D eigenvalue weighted by atomic mass is 79.9. The van der Waals surface area contributed by atoms with E-state index in [-0.39, 0.29) is 11.3 Å². The van der Waals surface area contributed by atoms with E-state index >= 15 is 0 Å². The summed E-state index contributed by atoms with van der Waals surface area (Å²) in [5, 5.41) is 9.49. The maximum absolute atomic E-state index is 11.4. The first-order chi connectivity index (χ1) is 6.61. The fraction of sp³-hybridized carbons (Fsp3) is 0. The number of halogens is 1. The Morgan fingerprint density at radius 3 is 2.64 bits per heavy atom. The summed E-state index contributed by atoms with van der Waals surface area (Å²) < 4.78 is 0.601. The minimum Gasteiger partial charge on any atom is -0.507 e. The molecule has 0 fully saturated rings. The summed E-state index contributed by atoms with van der Waals surface area (Å²) in [5.74, 6) is -1.44. The molecule has 1 N–H and O–H groups in total. The number of aliphatic hydroxyl groups excluding tert-OH is 1. The number of carbonyl (C=O) groups is 2. The number of hydrogen-bond acceptors (Lipinski definition) is 3. The fourth-order valence-electron chi connectivity index (χ4n) is 1.37. The smallest absolute Gasteiger partial charge is 0.233 e. The van der Waals surface area contributed by atoms with E-state index in [0.29, 0.717) is 10.0 Å². The topological polar surface area (TPSA) is 54.4 Å². The zero-order valence-corrected chi connectivity index (χ0v) is 8.54. The highest BCUT2D eigenvalue weighted by molar-refractivity contribution is 9.10. The minimum absolute atomic E-state index is 0.169. The zero-order valence-electron chi connectivity index (χ0n) is 6.95.